The number of amides is 1. The van der Waals surface area contributed by atoms with Gasteiger partial charge < -0.3 is 14.1 Å². The lowest BCUT2D eigenvalue weighted by atomic mass is 10.1. The fourth-order valence-electron chi connectivity index (χ4n) is 2.46. The van der Waals surface area contributed by atoms with E-state index in [0.717, 1.165) is 18.4 Å². The zero-order chi connectivity index (χ0) is 18.1. The minimum atomic E-state index is -0.335. The number of hydrogen-bond donors (Lipinski definition) is 0. The molecule has 0 aliphatic carbocycles. The summed E-state index contributed by atoms with van der Waals surface area (Å²) < 4.78 is 9.96. The summed E-state index contributed by atoms with van der Waals surface area (Å²) in [4.78, 5) is 25.5. The normalized spacial score (nSPS) is 10.5. The molecule has 0 aliphatic heterocycles. The summed E-state index contributed by atoms with van der Waals surface area (Å²) in [6, 6.07) is 11.2. The highest BCUT2D eigenvalue weighted by Crippen LogP contribution is 2.13. The van der Waals surface area contributed by atoms with Crippen molar-refractivity contribution >= 4 is 23.5 Å². The first-order chi connectivity index (χ1) is 12.1. The molecule has 0 N–H and O–H groups in total. The Morgan fingerprint density at radius 3 is 2.56 bits per heavy atom. The minimum absolute atomic E-state index is 0.00531. The number of ether oxygens (including phenoxy) is 1. The molecule has 6 heteroatoms. The first-order valence-corrected chi connectivity index (χ1v) is 8.57. The molecule has 0 spiro atoms. The molecule has 2 aromatic rings. The first kappa shape index (κ1) is 19.1. The van der Waals surface area contributed by atoms with Crippen molar-refractivity contribution in [2.45, 2.75) is 32.2 Å². The Morgan fingerprint density at radius 1 is 1.16 bits per heavy atom. The topological polar surface area (TPSA) is 59.8 Å². The average Bonchev–Trinajstić information content (AvgIpc) is 3.13. The molecule has 0 saturated carbocycles. The number of hydrogen-bond acceptors (Lipinski definition) is 4. The number of esters is 1. The van der Waals surface area contributed by atoms with E-state index in [0.29, 0.717) is 30.3 Å². The lowest BCUT2D eigenvalue weighted by Crippen LogP contribution is -2.32. The van der Waals surface area contributed by atoms with Crippen LogP contribution in [0.3, 0.4) is 0 Å². The van der Waals surface area contributed by atoms with Crippen molar-refractivity contribution in [1.82, 2.24) is 4.90 Å². The van der Waals surface area contributed by atoms with Gasteiger partial charge in [0.05, 0.1) is 26.3 Å². The minimum Gasteiger partial charge on any atom is -0.469 e. The van der Waals surface area contributed by atoms with E-state index in [1.807, 2.05) is 30.3 Å². The maximum atomic E-state index is 12.5. The van der Waals surface area contributed by atoms with Crippen molar-refractivity contribution in [2.75, 3.05) is 13.7 Å². The fourth-order valence-corrected chi connectivity index (χ4v) is 2.59. The maximum absolute atomic E-state index is 12.5. The third-order valence-electron chi connectivity index (χ3n) is 3.86. The van der Waals surface area contributed by atoms with Crippen LogP contribution in [0.15, 0.2) is 47.1 Å². The Hall–Kier alpha value is -2.27. The van der Waals surface area contributed by atoms with E-state index >= 15 is 0 Å². The van der Waals surface area contributed by atoms with Crippen LogP contribution in [-0.4, -0.2) is 30.4 Å². The second-order valence-corrected chi connectivity index (χ2v) is 6.14. The molecule has 134 valence electrons. The Morgan fingerprint density at radius 2 is 1.92 bits per heavy atom. The van der Waals surface area contributed by atoms with Crippen molar-refractivity contribution in [3.63, 3.8) is 0 Å². The maximum Gasteiger partial charge on any atom is 0.307 e. The Bertz CT molecular complexity index is 667. The van der Waals surface area contributed by atoms with Gasteiger partial charge in [0, 0.05) is 18.0 Å². The zero-order valence-corrected chi connectivity index (χ0v) is 15.0. The number of halogens is 1. The molecule has 1 aromatic carbocycles. The second-order valence-electron chi connectivity index (χ2n) is 5.70. The molecular weight excluding hydrogens is 342 g/mol. The van der Waals surface area contributed by atoms with Crippen LogP contribution >= 0.6 is 11.6 Å². The van der Waals surface area contributed by atoms with Crippen LogP contribution < -0.4 is 0 Å². The van der Waals surface area contributed by atoms with E-state index in [-0.39, 0.29) is 18.3 Å². The third-order valence-corrected chi connectivity index (χ3v) is 4.11. The Labute approximate surface area is 152 Å². The van der Waals surface area contributed by atoms with E-state index < -0.39 is 0 Å². The van der Waals surface area contributed by atoms with Crippen molar-refractivity contribution in [3.05, 3.63) is 59.0 Å². The highest BCUT2D eigenvalue weighted by atomic mass is 35.5. The summed E-state index contributed by atoms with van der Waals surface area (Å²) in [5, 5.41) is 0.701. The van der Waals surface area contributed by atoms with Crippen LogP contribution in [0.2, 0.25) is 5.02 Å². The van der Waals surface area contributed by atoms with E-state index in [4.69, 9.17) is 16.0 Å². The Kier molecular flexibility index (Phi) is 7.54. The van der Waals surface area contributed by atoms with Crippen LogP contribution in [0, 0.1) is 0 Å². The molecule has 0 unspecified atom stereocenters. The van der Waals surface area contributed by atoms with Gasteiger partial charge in [-0.15, -0.1) is 0 Å². The van der Waals surface area contributed by atoms with Gasteiger partial charge in [-0.25, -0.2) is 0 Å². The molecule has 2 rings (SSSR count). The molecule has 0 fully saturated rings. The monoisotopic (exact) mass is 363 g/mol. The first-order valence-electron chi connectivity index (χ1n) is 8.20. The predicted molar refractivity (Wildman–Crippen MR) is 95.1 cm³/mol. The molecule has 5 nitrogen and oxygen atoms in total. The predicted octanol–water partition coefficient (Wildman–Crippen LogP) is 3.85. The summed E-state index contributed by atoms with van der Waals surface area (Å²) >= 11 is 5.87. The molecule has 25 heavy (non-hydrogen) atoms. The fraction of sp³-hybridized carbons (Fsp3) is 0.368. The molecule has 1 amide bonds. The van der Waals surface area contributed by atoms with Gasteiger partial charge in [0.15, 0.2) is 0 Å². The van der Waals surface area contributed by atoms with Gasteiger partial charge >= 0.3 is 5.97 Å². The quantitative estimate of drug-likeness (QED) is 0.635. The molecule has 0 saturated heterocycles. The molecule has 0 radical (unpaired) electrons. The Balaban J connectivity index is 1.86. The standard InChI is InChI=1S/C19H22ClNO4/c1-24-19(23)11-12-21(14-17-5-3-13-25-17)18(22)6-2-4-15-7-9-16(20)10-8-15/h3,5,7-10,13H,2,4,6,11-12,14H2,1H3. The van der Waals surface area contributed by atoms with Crippen molar-refractivity contribution in [3.8, 4) is 0 Å². The summed E-state index contributed by atoms with van der Waals surface area (Å²) in [6.45, 7) is 0.664. The number of nitrogens with zero attached hydrogens (tertiary/aromatic N) is 1. The molecule has 0 aliphatic rings. The van der Waals surface area contributed by atoms with Crippen molar-refractivity contribution < 1.29 is 18.7 Å². The van der Waals surface area contributed by atoms with Crippen molar-refractivity contribution in [2.24, 2.45) is 0 Å². The van der Waals surface area contributed by atoms with Gasteiger partial charge in [-0.1, -0.05) is 23.7 Å². The second kappa shape index (κ2) is 9.89. The van der Waals surface area contributed by atoms with Gasteiger partial charge in [0.1, 0.15) is 5.76 Å². The van der Waals surface area contributed by atoms with Crippen LogP contribution in [0.1, 0.15) is 30.6 Å². The van der Waals surface area contributed by atoms with E-state index in [1.54, 1.807) is 17.2 Å². The lowest BCUT2D eigenvalue weighted by molar-refractivity contribution is -0.142. The highest BCUT2D eigenvalue weighted by Gasteiger charge is 2.16. The zero-order valence-electron chi connectivity index (χ0n) is 14.2. The van der Waals surface area contributed by atoms with Crippen LogP contribution in [-0.2, 0) is 27.3 Å². The summed E-state index contributed by atoms with van der Waals surface area (Å²) in [6.07, 6.45) is 3.67. The van der Waals surface area contributed by atoms with Gasteiger partial charge in [-0.05, 0) is 42.7 Å². The SMILES string of the molecule is COC(=O)CCN(Cc1ccco1)C(=O)CCCc1ccc(Cl)cc1. The lowest BCUT2D eigenvalue weighted by Gasteiger charge is -2.21. The average molecular weight is 364 g/mol. The molecule has 1 aromatic heterocycles. The number of methoxy groups -OCH3 is 1. The van der Waals surface area contributed by atoms with E-state index in [2.05, 4.69) is 4.74 Å². The highest BCUT2D eigenvalue weighted by molar-refractivity contribution is 6.30. The molecule has 1 heterocycles. The summed E-state index contributed by atoms with van der Waals surface area (Å²) in [5.74, 6) is 0.351. The van der Waals surface area contributed by atoms with Crippen LogP contribution in [0.25, 0.3) is 0 Å². The van der Waals surface area contributed by atoms with Crippen LogP contribution in [0.4, 0.5) is 0 Å². The van der Waals surface area contributed by atoms with Gasteiger partial charge in [-0.3, -0.25) is 9.59 Å². The third kappa shape index (κ3) is 6.63. The summed E-state index contributed by atoms with van der Waals surface area (Å²) in [5.41, 5.74) is 1.14. The molecular formula is C19H22ClNO4. The molecule has 0 bridgehead atoms. The largest absolute Gasteiger partial charge is 0.469 e. The number of benzene rings is 1. The van der Waals surface area contributed by atoms with E-state index in [1.165, 1.54) is 7.11 Å². The number of aryl methyl sites for hydroxylation is 1. The smallest absolute Gasteiger partial charge is 0.307 e. The summed E-state index contributed by atoms with van der Waals surface area (Å²) in [7, 11) is 1.34. The number of carbonyl (C=O) groups excluding carboxylic acids is 2. The van der Waals surface area contributed by atoms with Gasteiger partial charge in [-0.2, -0.15) is 0 Å². The number of furan rings is 1. The number of carbonyl (C=O) groups is 2. The van der Waals surface area contributed by atoms with E-state index in [9.17, 15) is 9.59 Å². The van der Waals surface area contributed by atoms with Gasteiger partial charge in [0.25, 0.3) is 0 Å². The van der Waals surface area contributed by atoms with Gasteiger partial charge in [0.2, 0.25) is 5.91 Å². The van der Waals surface area contributed by atoms with Crippen molar-refractivity contribution in [1.29, 1.82) is 0 Å². The molecule has 0 atom stereocenters. The van der Waals surface area contributed by atoms with Crippen LogP contribution in [0.5, 0.6) is 0 Å². The number of rotatable bonds is 9.